The second-order valence-corrected chi connectivity index (χ2v) is 10.6. The van der Waals surface area contributed by atoms with Gasteiger partial charge in [-0.15, -0.1) is 0 Å². The van der Waals surface area contributed by atoms with Gasteiger partial charge in [-0.05, 0) is 37.6 Å². The Balaban J connectivity index is 1.99. The van der Waals surface area contributed by atoms with Gasteiger partial charge >= 0.3 is 5.69 Å². The largest absolute Gasteiger partial charge is 0.491 e. The lowest BCUT2D eigenvalue weighted by Gasteiger charge is -2.19. The average molecular weight is 515 g/mol. The number of rotatable bonds is 8. The molecule has 1 aromatic carbocycles. The van der Waals surface area contributed by atoms with Crippen LogP contribution in [0.25, 0.3) is 22.3 Å². The van der Waals surface area contributed by atoms with E-state index in [9.17, 15) is 17.6 Å². The molecule has 0 aliphatic rings. The van der Waals surface area contributed by atoms with E-state index >= 15 is 0 Å². The summed E-state index contributed by atoms with van der Waals surface area (Å²) < 4.78 is 53.0. The fraction of sp³-hybridized carbons (Fsp3) is 0.320. The van der Waals surface area contributed by atoms with E-state index in [1.807, 2.05) is 0 Å². The minimum absolute atomic E-state index is 0.190. The summed E-state index contributed by atoms with van der Waals surface area (Å²) in [5, 5.41) is 0. The Morgan fingerprint density at radius 2 is 1.86 bits per heavy atom. The maximum atomic E-state index is 14.5. The number of aromatic nitrogens is 4. The summed E-state index contributed by atoms with van der Waals surface area (Å²) in [5.74, 6) is -0.234. The number of hydrogen-bond donors (Lipinski definition) is 0. The quantitative estimate of drug-likeness (QED) is 0.355. The molecular formula is C25H27FN4O5S. The molecule has 0 bridgehead atoms. The van der Waals surface area contributed by atoms with Crippen molar-refractivity contribution in [2.75, 3.05) is 25.7 Å². The molecule has 0 spiro atoms. The first kappa shape index (κ1) is 25.4. The Kier molecular flexibility index (Phi) is 6.85. The molecule has 0 saturated carbocycles. The molecular weight excluding hydrogens is 487 g/mol. The lowest BCUT2D eigenvalue weighted by molar-refractivity contribution is 0.296. The third kappa shape index (κ3) is 4.58. The first-order valence-electron chi connectivity index (χ1n) is 11.2. The molecule has 1 atom stereocenters. The van der Waals surface area contributed by atoms with Gasteiger partial charge in [-0.25, -0.2) is 27.6 Å². The molecule has 190 valence electrons. The number of ether oxygens (including phenoxy) is 2. The number of imidazole rings is 1. The summed E-state index contributed by atoms with van der Waals surface area (Å²) in [7, 11) is -0.512. The first-order chi connectivity index (χ1) is 17.1. The molecule has 0 aliphatic carbocycles. The zero-order chi connectivity index (χ0) is 26.2. The van der Waals surface area contributed by atoms with Crippen LogP contribution in [0.4, 0.5) is 4.39 Å². The molecule has 9 nitrogen and oxygen atoms in total. The lowest BCUT2D eigenvalue weighted by Crippen LogP contribution is -2.31. The molecule has 0 radical (unpaired) electrons. The van der Waals surface area contributed by atoms with E-state index in [-0.39, 0.29) is 11.5 Å². The van der Waals surface area contributed by atoms with Gasteiger partial charge < -0.3 is 9.47 Å². The summed E-state index contributed by atoms with van der Waals surface area (Å²) >= 11 is 0. The van der Waals surface area contributed by atoms with Gasteiger partial charge in [-0.2, -0.15) is 0 Å². The third-order valence-corrected chi connectivity index (χ3v) is 6.89. The van der Waals surface area contributed by atoms with Crippen molar-refractivity contribution in [2.45, 2.75) is 19.9 Å². The van der Waals surface area contributed by atoms with Crippen molar-refractivity contribution in [1.82, 2.24) is 19.1 Å². The zero-order valence-electron chi connectivity index (χ0n) is 20.6. The fourth-order valence-corrected chi connectivity index (χ4v) is 5.23. The lowest BCUT2D eigenvalue weighted by atomic mass is 10.0. The standard InChI is InChI=1S/C25H27FN4O5S/c1-6-35-24-21(34-4)12-11-19(28-24)20(14-36(5,32)33)30-23-22(29(3)25(30)31)15(2)17(13-27-23)16-9-7-8-10-18(16)26/h7-13,20H,6,14H2,1-5H3/t20-/m0/s1. The van der Waals surface area contributed by atoms with Gasteiger partial charge in [0.15, 0.2) is 11.4 Å². The molecule has 36 heavy (non-hydrogen) atoms. The van der Waals surface area contributed by atoms with Crippen molar-refractivity contribution < 1.29 is 22.3 Å². The number of halogens is 1. The Labute approximate surface area is 208 Å². The molecule has 0 fully saturated rings. The highest BCUT2D eigenvalue weighted by Crippen LogP contribution is 2.33. The molecule has 3 aromatic heterocycles. The number of hydrogen-bond acceptors (Lipinski definition) is 7. The number of methoxy groups -OCH3 is 1. The van der Waals surface area contributed by atoms with Gasteiger partial charge in [-0.3, -0.25) is 9.13 Å². The van der Waals surface area contributed by atoms with E-state index in [0.29, 0.717) is 40.3 Å². The SMILES string of the molecule is CCOc1nc([C@H](CS(C)(=O)=O)n2c(=O)n(C)c3c(C)c(-c4ccccc4F)cnc32)ccc1OC. The monoisotopic (exact) mass is 514 g/mol. The number of nitrogens with zero attached hydrogens (tertiary/aromatic N) is 4. The molecule has 4 rings (SSSR count). The van der Waals surface area contributed by atoms with Gasteiger partial charge in [0.05, 0.1) is 36.7 Å². The second-order valence-electron chi connectivity index (χ2n) is 8.45. The highest BCUT2D eigenvalue weighted by molar-refractivity contribution is 7.90. The van der Waals surface area contributed by atoms with Crippen LogP contribution in [-0.2, 0) is 16.9 Å². The Morgan fingerprint density at radius 1 is 1.14 bits per heavy atom. The summed E-state index contributed by atoms with van der Waals surface area (Å²) in [4.78, 5) is 22.5. The van der Waals surface area contributed by atoms with Crippen LogP contribution in [0.1, 0.15) is 24.2 Å². The Bertz CT molecular complexity index is 1610. The van der Waals surface area contributed by atoms with Crippen LogP contribution in [-0.4, -0.2) is 53.2 Å². The van der Waals surface area contributed by atoms with E-state index in [0.717, 1.165) is 6.26 Å². The number of pyridine rings is 2. The van der Waals surface area contributed by atoms with Gasteiger partial charge in [-0.1, -0.05) is 18.2 Å². The predicted octanol–water partition coefficient (Wildman–Crippen LogP) is 3.29. The van der Waals surface area contributed by atoms with Crippen LogP contribution in [0.15, 0.2) is 47.4 Å². The molecule has 0 N–H and O–H groups in total. The third-order valence-electron chi connectivity index (χ3n) is 5.97. The van der Waals surface area contributed by atoms with Crippen LogP contribution in [0.3, 0.4) is 0 Å². The topological polar surface area (TPSA) is 105 Å². The smallest absolute Gasteiger partial charge is 0.330 e. The van der Waals surface area contributed by atoms with Gasteiger partial charge in [0.2, 0.25) is 0 Å². The number of benzene rings is 1. The van der Waals surface area contributed by atoms with Crippen LogP contribution in [0.5, 0.6) is 11.6 Å². The average Bonchev–Trinajstić information content (AvgIpc) is 3.08. The highest BCUT2D eigenvalue weighted by atomic mass is 32.2. The van der Waals surface area contributed by atoms with Gasteiger partial charge in [0, 0.05) is 30.6 Å². The van der Waals surface area contributed by atoms with Crippen molar-refractivity contribution in [3.63, 3.8) is 0 Å². The fourth-order valence-electron chi connectivity index (χ4n) is 4.34. The summed E-state index contributed by atoms with van der Waals surface area (Å²) in [6.45, 7) is 3.88. The predicted molar refractivity (Wildman–Crippen MR) is 135 cm³/mol. The van der Waals surface area contributed by atoms with Crippen molar-refractivity contribution >= 4 is 21.0 Å². The normalized spacial score (nSPS) is 12.6. The minimum Gasteiger partial charge on any atom is -0.491 e. The molecule has 3 heterocycles. The van der Waals surface area contributed by atoms with Crippen LogP contribution >= 0.6 is 0 Å². The molecule has 11 heteroatoms. The number of sulfone groups is 1. The van der Waals surface area contributed by atoms with E-state index in [4.69, 9.17) is 9.47 Å². The Morgan fingerprint density at radius 3 is 2.50 bits per heavy atom. The van der Waals surface area contributed by atoms with Crippen LogP contribution in [0, 0.1) is 12.7 Å². The molecule has 0 saturated heterocycles. The summed E-state index contributed by atoms with van der Waals surface area (Å²) in [6, 6.07) is 8.55. The first-order valence-corrected chi connectivity index (χ1v) is 13.3. The van der Waals surface area contributed by atoms with Crippen molar-refractivity contribution in [3.8, 4) is 22.8 Å². The maximum Gasteiger partial charge on any atom is 0.330 e. The van der Waals surface area contributed by atoms with Gasteiger partial charge in [0.1, 0.15) is 15.7 Å². The van der Waals surface area contributed by atoms with Crippen molar-refractivity contribution in [2.24, 2.45) is 7.05 Å². The van der Waals surface area contributed by atoms with E-state index in [1.54, 1.807) is 51.2 Å². The van der Waals surface area contributed by atoms with E-state index < -0.39 is 33.1 Å². The number of aryl methyl sites for hydroxylation is 2. The highest BCUT2D eigenvalue weighted by Gasteiger charge is 2.29. The molecule has 0 amide bonds. The molecule has 4 aromatic rings. The van der Waals surface area contributed by atoms with Crippen LogP contribution < -0.4 is 15.2 Å². The minimum atomic E-state index is -3.56. The van der Waals surface area contributed by atoms with Crippen molar-refractivity contribution in [1.29, 1.82) is 0 Å². The maximum absolute atomic E-state index is 14.5. The molecule has 0 unspecified atom stereocenters. The van der Waals surface area contributed by atoms with E-state index in [2.05, 4.69) is 9.97 Å². The van der Waals surface area contributed by atoms with Crippen LogP contribution in [0.2, 0.25) is 0 Å². The molecule has 0 aliphatic heterocycles. The van der Waals surface area contributed by atoms with E-state index in [1.165, 1.54) is 28.5 Å². The Hall–Kier alpha value is -3.73. The van der Waals surface area contributed by atoms with Crippen molar-refractivity contribution in [3.05, 3.63) is 70.2 Å². The van der Waals surface area contributed by atoms with Gasteiger partial charge in [0.25, 0.3) is 5.88 Å². The summed E-state index contributed by atoms with van der Waals surface area (Å²) in [5.41, 5.74) is 2.10. The summed E-state index contributed by atoms with van der Waals surface area (Å²) in [6.07, 6.45) is 2.59. The number of fused-ring (bicyclic) bond motifs is 1. The zero-order valence-corrected chi connectivity index (χ0v) is 21.5. The second kappa shape index (κ2) is 9.73.